The maximum atomic E-state index is 7.15. The summed E-state index contributed by atoms with van der Waals surface area (Å²) < 4.78 is 0. The smallest absolute Gasteiger partial charge is 0.0789 e. The summed E-state index contributed by atoms with van der Waals surface area (Å²) in [7, 11) is -1.03. The number of halogens is 1. The van der Waals surface area contributed by atoms with Crippen LogP contribution < -0.4 is 0 Å². The lowest BCUT2D eigenvalue weighted by atomic mass is 9.99. The molecule has 0 aromatic rings. The van der Waals surface area contributed by atoms with Gasteiger partial charge in [-0.1, -0.05) is 30.9 Å². The summed E-state index contributed by atoms with van der Waals surface area (Å²) in [6.45, 7) is 2.42. The van der Waals surface area contributed by atoms with Crippen molar-refractivity contribution in [2.24, 2.45) is 0 Å². The second kappa shape index (κ2) is 8.20. The minimum atomic E-state index is -1.03. The lowest BCUT2D eigenvalue weighted by Gasteiger charge is -2.50. The van der Waals surface area contributed by atoms with Gasteiger partial charge in [0.1, 0.15) is 5.12 Å². The Hall–Kier alpha value is 0.720. The van der Waals surface area contributed by atoms with E-state index in [9.17, 15) is 0 Å². The Kier molecular flexibility index (Phi) is 6.54. The van der Waals surface area contributed by atoms with Crippen molar-refractivity contribution >= 4 is 18.9 Å². The maximum Gasteiger partial charge on any atom is 0.140 e. The van der Waals surface area contributed by atoms with E-state index in [1.54, 1.807) is 0 Å². The first kappa shape index (κ1) is 17.5. The minimum absolute atomic E-state index is 0.488. The molecule has 0 aliphatic heterocycles. The monoisotopic (exact) mass is 343 g/mol. The Balaban J connectivity index is 1.92. The predicted octanol–water partition coefficient (Wildman–Crippen LogP) is 7.59. The highest BCUT2D eigenvalue weighted by Gasteiger charge is 2.59. The second-order valence-corrected chi connectivity index (χ2v) is 14.1. The first-order valence-electron chi connectivity index (χ1n) is 10.3. The molecule has 128 valence electrons. The average molecular weight is 344 g/mol. The molecule has 0 radical (unpaired) electrons. The van der Waals surface area contributed by atoms with Gasteiger partial charge in [-0.05, 0) is 84.0 Å². The summed E-state index contributed by atoms with van der Waals surface area (Å²) in [5.74, 6) is 0. The molecule has 1 atom stereocenters. The molecule has 0 bridgehead atoms. The number of rotatable bonds is 4. The summed E-state index contributed by atoms with van der Waals surface area (Å²) in [4.78, 5) is 0. The Labute approximate surface area is 144 Å². The third kappa shape index (κ3) is 3.39. The summed E-state index contributed by atoms with van der Waals surface area (Å²) in [6.07, 6.45) is 22.6. The molecule has 0 heterocycles. The molecule has 0 aromatic heterocycles. The Morgan fingerprint density at radius 3 is 1.09 bits per heavy atom. The Bertz CT molecular complexity index is 277. The summed E-state index contributed by atoms with van der Waals surface area (Å²) in [5.41, 5.74) is 3.12. The zero-order valence-corrected chi connectivity index (χ0v) is 16.4. The minimum Gasteiger partial charge on any atom is -0.0789 e. The Morgan fingerprint density at radius 1 is 0.591 bits per heavy atom. The van der Waals surface area contributed by atoms with Gasteiger partial charge in [-0.25, -0.2) is 0 Å². The van der Waals surface area contributed by atoms with Gasteiger partial charge < -0.3 is 0 Å². The molecule has 0 nitrogen and oxygen atoms in total. The number of alkyl halides is 1. The molecule has 3 fully saturated rings. The zero-order valence-electron chi connectivity index (χ0n) is 14.7. The van der Waals surface area contributed by atoms with Crippen LogP contribution in [0.15, 0.2) is 0 Å². The highest BCUT2D eigenvalue weighted by Crippen LogP contribution is 2.80. The molecule has 2 heteroatoms. The number of hydrogen-bond donors (Lipinski definition) is 0. The molecule has 3 saturated carbocycles. The van der Waals surface area contributed by atoms with E-state index < -0.39 is 7.26 Å². The average Bonchev–Trinajstić information content (AvgIpc) is 2.58. The van der Waals surface area contributed by atoms with Gasteiger partial charge in [-0.3, -0.25) is 0 Å². The van der Waals surface area contributed by atoms with Gasteiger partial charge in [0.2, 0.25) is 0 Å². The van der Waals surface area contributed by atoms with Crippen molar-refractivity contribution in [2.45, 2.75) is 125 Å². The van der Waals surface area contributed by atoms with Crippen LogP contribution in [0.25, 0.3) is 0 Å². The normalized spacial score (nSPS) is 28.6. The second-order valence-electron chi connectivity index (χ2n) is 8.34. The van der Waals surface area contributed by atoms with Gasteiger partial charge >= 0.3 is 0 Å². The van der Waals surface area contributed by atoms with E-state index in [4.69, 9.17) is 11.6 Å². The van der Waals surface area contributed by atoms with Gasteiger partial charge in [-0.2, -0.15) is 0 Å². The zero-order chi connectivity index (χ0) is 15.4. The standard InChI is InChI=1S/C20H37ClP/c1-17(21)22(18-11-5-2-6-12-18,19-13-7-3-8-14-19)20-15-9-4-10-16-20/h17-20H,2-16H2,1H3/q+1/t17-/m1/s1. The highest BCUT2D eigenvalue weighted by atomic mass is 35.5. The fourth-order valence-electron chi connectivity index (χ4n) is 6.35. The van der Waals surface area contributed by atoms with Gasteiger partial charge in [0.05, 0.1) is 17.0 Å². The van der Waals surface area contributed by atoms with Crippen LogP contribution in [-0.4, -0.2) is 22.1 Å². The van der Waals surface area contributed by atoms with Crippen molar-refractivity contribution < 1.29 is 0 Å². The predicted molar refractivity (Wildman–Crippen MR) is 103 cm³/mol. The van der Waals surface area contributed by atoms with Crippen LogP contribution >= 0.6 is 18.9 Å². The Morgan fingerprint density at radius 2 is 0.864 bits per heavy atom. The molecule has 0 unspecified atom stereocenters. The van der Waals surface area contributed by atoms with E-state index in [-0.39, 0.29) is 0 Å². The molecule has 0 N–H and O–H groups in total. The molecule has 3 rings (SSSR count). The van der Waals surface area contributed by atoms with Crippen LogP contribution in [0.4, 0.5) is 0 Å². The molecule has 0 amide bonds. The van der Waals surface area contributed by atoms with E-state index in [1.165, 1.54) is 96.3 Å². The molecule has 0 spiro atoms. The SMILES string of the molecule is C[C@H](Cl)[P+](C1CCCCC1)(C1CCCCC1)C1CCCCC1. The molecular weight excluding hydrogens is 307 g/mol. The molecule has 0 aromatic carbocycles. The fourth-order valence-corrected chi connectivity index (χ4v) is 15.1. The molecular formula is C20H37ClP+. The quantitative estimate of drug-likeness (QED) is 0.364. The highest BCUT2D eigenvalue weighted by molar-refractivity contribution is 7.79. The van der Waals surface area contributed by atoms with Crippen LogP contribution in [0.5, 0.6) is 0 Å². The van der Waals surface area contributed by atoms with E-state index in [2.05, 4.69) is 6.92 Å². The van der Waals surface area contributed by atoms with Crippen LogP contribution in [0.1, 0.15) is 103 Å². The summed E-state index contributed by atoms with van der Waals surface area (Å²) in [6, 6.07) is 0. The van der Waals surface area contributed by atoms with Crippen molar-refractivity contribution in [3.63, 3.8) is 0 Å². The van der Waals surface area contributed by atoms with Crippen LogP contribution in [-0.2, 0) is 0 Å². The summed E-state index contributed by atoms with van der Waals surface area (Å²) >= 11 is 7.15. The number of hydrogen-bond acceptors (Lipinski definition) is 0. The van der Waals surface area contributed by atoms with Crippen molar-refractivity contribution in [1.82, 2.24) is 0 Å². The van der Waals surface area contributed by atoms with Crippen molar-refractivity contribution in [2.75, 3.05) is 0 Å². The van der Waals surface area contributed by atoms with E-state index in [0.717, 1.165) is 17.0 Å². The van der Waals surface area contributed by atoms with E-state index >= 15 is 0 Å². The van der Waals surface area contributed by atoms with Gasteiger partial charge in [0.25, 0.3) is 0 Å². The van der Waals surface area contributed by atoms with Crippen molar-refractivity contribution in [3.05, 3.63) is 0 Å². The topological polar surface area (TPSA) is 0 Å². The van der Waals surface area contributed by atoms with Crippen LogP contribution in [0, 0.1) is 0 Å². The fraction of sp³-hybridized carbons (Fsp3) is 1.00. The van der Waals surface area contributed by atoms with Crippen LogP contribution in [0.2, 0.25) is 0 Å². The maximum absolute atomic E-state index is 7.15. The van der Waals surface area contributed by atoms with E-state index in [1.807, 2.05) is 0 Å². The first-order valence-corrected chi connectivity index (χ1v) is 12.8. The third-order valence-electron chi connectivity index (χ3n) is 7.24. The van der Waals surface area contributed by atoms with Gasteiger partial charge in [0.15, 0.2) is 0 Å². The molecule has 3 aliphatic rings. The molecule has 22 heavy (non-hydrogen) atoms. The molecule has 0 saturated heterocycles. The lowest BCUT2D eigenvalue weighted by Crippen LogP contribution is -2.39. The van der Waals surface area contributed by atoms with Crippen molar-refractivity contribution in [3.8, 4) is 0 Å². The van der Waals surface area contributed by atoms with Gasteiger partial charge in [0, 0.05) is 7.26 Å². The molecule has 3 aliphatic carbocycles. The van der Waals surface area contributed by atoms with E-state index in [0.29, 0.717) is 5.12 Å². The van der Waals surface area contributed by atoms with Crippen LogP contribution in [0.3, 0.4) is 0 Å². The summed E-state index contributed by atoms with van der Waals surface area (Å²) in [5, 5.41) is 0.488. The van der Waals surface area contributed by atoms with Gasteiger partial charge in [-0.15, -0.1) is 0 Å². The van der Waals surface area contributed by atoms with Crippen molar-refractivity contribution in [1.29, 1.82) is 0 Å². The third-order valence-corrected chi connectivity index (χ3v) is 14.8. The first-order chi connectivity index (χ1) is 10.8. The lowest BCUT2D eigenvalue weighted by molar-refractivity contribution is 0.449. The largest absolute Gasteiger partial charge is 0.140 e.